The molecule has 2 aromatic rings. The third-order valence-electron chi connectivity index (χ3n) is 3.18. The van der Waals surface area contributed by atoms with Crippen molar-refractivity contribution in [2.75, 3.05) is 0 Å². The lowest BCUT2D eigenvalue weighted by Gasteiger charge is -2.19. The van der Waals surface area contributed by atoms with E-state index in [2.05, 4.69) is 10.1 Å². The maximum absolute atomic E-state index is 12.5. The largest absolute Gasteiger partial charge is 0.465 e. The standard InChI is InChI=1S/C17H17F2NO3/c1-2-14(13-7-3-4-8-15(13)23-17(18)19)20-16(21)10-9-12-6-5-11-22-12/h3-11,14,17H,2H2,1H3,(H,20,21)/b10-9+. The number of halogens is 2. The van der Waals surface area contributed by atoms with Gasteiger partial charge in [-0.3, -0.25) is 4.79 Å². The van der Waals surface area contributed by atoms with Crippen molar-refractivity contribution in [1.82, 2.24) is 5.32 Å². The molecule has 1 unspecified atom stereocenters. The van der Waals surface area contributed by atoms with Crippen molar-refractivity contribution in [3.05, 3.63) is 60.1 Å². The Balaban J connectivity index is 2.09. The van der Waals surface area contributed by atoms with Gasteiger partial charge in [0.1, 0.15) is 11.5 Å². The highest BCUT2D eigenvalue weighted by molar-refractivity contribution is 5.91. The third-order valence-corrected chi connectivity index (χ3v) is 3.18. The number of hydrogen-bond donors (Lipinski definition) is 1. The number of amides is 1. The minimum atomic E-state index is -2.91. The molecule has 4 nitrogen and oxygen atoms in total. The summed E-state index contributed by atoms with van der Waals surface area (Å²) < 4.78 is 34.6. The van der Waals surface area contributed by atoms with Crippen molar-refractivity contribution in [1.29, 1.82) is 0 Å². The first kappa shape index (κ1) is 16.7. The van der Waals surface area contributed by atoms with Crippen LogP contribution in [0, 0.1) is 0 Å². The van der Waals surface area contributed by atoms with E-state index in [0.717, 1.165) is 0 Å². The number of ether oxygens (including phenoxy) is 1. The average molecular weight is 321 g/mol. The van der Waals surface area contributed by atoms with Crippen LogP contribution < -0.4 is 10.1 Å². The van der Waals surface area contributed by atoms with E-state index in [1.807, 2.05) is 6.92 Å². The summed E-state index contributed by atoms with van der Waals surface area (Å²) in [5.41, 5.74) is 0.509. The Morgan fingerprint density at radius 3 is 2.74 bits per heavy atom. The van der Waals surface area contributed by atoms with Gasteiger partial charge in [0.25, 0.3) is 0 Å². The molecule has 0 spiro atoms. The smallest absolute Gasteiger partial charge is 0.387 e. The van der Waals surface area contributed by atoms with Gasteiger partial charge >= 0.3 is 6.61 Å². The van der Waals surface area contributed by atoms with E-state index in [-0.39, 0.29) is 11.7 Å². The second kappa shape index (κ2) is 8.12. The Kier molecular flexibility index (Phi) is 5.91. The summed E-state index contributed by atoms with van der Waals surface area (Å²) in [7, 11) is 0. The van der Waals surface area contributed by atoms with E-state index in [1.54, 1.807) is 30.3 Å². The highest BCUT2D eigenvalue weighted by Crippen LogP contribution is 2.28. The lowest BCUT2D eigenvalue weighted by molar-refractivity contribution is -0.117. The molecule has 0 fully saturated rings. The highest BCUT2D eigenvalue weighted by Gasteiger charge is 2.17. The normalized spacial score (nSPS) is 12.5. The second-order valence-electron chi connectivity index (χ2n) is 4.73. The molecule has 1 aromatic carbocycles. The molecule has 1 atom stereocenters. The number of rotatable bonds is 7. The summed E-state index contributed by atoms with van der Waals surface area (Å²) >= 11 is 0. The van der Waals surface area contributed by atoms with Crippen molar-refractivity contribution in [2.45, 2.75) is 26.0 Å². The van der Waals surface area contributed by atoms with Gasteiger partial charge in [0.2, 0.25) is 5.91 Å². The van der Waals surface area contributed by atoms with Crippen molar-refractivity contribution < 1.29 is 22.7 Å². The lowest BCUT2D eigenvalue weighted by atomic mass is 10.0. The van der Waals surface area contributed by atoms with Crippen LogP contribution in [-0.2, 0) is 4.79 Å². The monoisotopic (exact) mass is 321 g/mol. The van der Waals surface area contributed by atoms with Gasteiger partial charge in [0.15, 0.2) is 0 Å². The van der Waals surface area contributed by atoms with Gasteiger partial charge in [-0.15, -0.1) is 0 Å². The van der Waals surface area contributed by atoms with Crippen molar-refractivity contribution in [3.8, 4) is 5.75 Å². The number of hydrogen-bond acceptors (Lipinski definition) is 3. The molecule has 0 aliphatic carbocycles. The van der Waals surface area contributed by atoms with Gasteiger partial charge in [-0.2, -0.15) is 8.78 Å². The van der Waals surface area contributed by atoms with E-state index < -0.39 is 12.7 Å². The molecular weight excluding hydrogens is 304 g/mol. The summed E-state index contributed by atoms with van der Waals surface area (Å²) in [5, 5.41) is 2.77. The number of furan rings is 1. The molecule has 0 saturated heterocycles. The number of nitrogens with one attached hydrogen (secondary N) is 1. The number of benzene rings is 1. The van der Waals surface area contributed by atoms with Crippen molar-refractivity contribution in [2.24, 2.45) is 0 Å². The average Bonchev–Trinajstić information content (AvgIpc) is 3.04. The number of carbonyl (C=O) groups excluding carboxylic acids is 1. The molecule has 2 rings (SSSR count). The Morgan fingerprint density at radius 2 is 2.09 bits per heavy atom. The van der Waals surface area contributed by atoms with Crippen LogP contribution in [0.15, 0.2) is 53.2 Å². The molecule has 6 heteroatoms. The van der Waals surface area contributed by atoms with Gasteiger partial charge < -0.3 is 14.5 Å². The third kappa shape index (κ3) is 4.95. The molecule has 0 aliphatic rings. The molecule has 1 N–H and O–H groups in total. The highest BCUT2D eigenvalue weighted by atomic mass is 19.3. The van der Waals surface area contributed by atoms with Gasteiger partial charge in [-0.25, -0.2) is 0 Å². The fraction of sp³-hybridized carbons (Fsp3) is 0.235. The first-order chi connectivity index (χ1) is 11.1. The van der Waals surface area contributed by atoms with Gasteiger partial charge in [-0.05, 0) is 30.7 Å². The zero-order chi connectivity index (χ0) is 16.7. The zero-order valence-electron chi connectivity index (χ0n) is 12.5. The van der Waals surface area contributed by atoms with Crippen LogP contribution in [0.2, 0.25) is 0 Å². The zero-order valence-corrected chi connectivity index (χ0v) is 12.5. The Bertz CT molecular complexity index is 654. The molecule has 1 aromatic heterocycles. The Labute approximate surface area is 132 Å². The number of alkyl halides is 2. The van der Waals surface area contributed by atoms with E-state index >= 15 is 0 Å². The predicted octanol–water partition coefficient (Wildman–Crippen LogP) is 4.16. The van der Waals surface area contributed by atoms with Crippen LogP contribution in [0.5, 0.6) is 5.75 Å². The van der Waals surface area contributed by atoms with Crippen LogP contribution in [-0.4, -0.2) is 12.5 Å². The molecule has 1 heterocycles. The summed E-state index contributed by atoms with van der Waals surface area (Å²) in [6.45, 7) is -1.07. The SMILES string of the molecule is CCC(NC(=O)/C=C/c1ccco1)c1ccccc1OC(F)F. The molecular formula is C17H17F2NO3. The minimum Gasteiger partial charge on any atom is -0.465 e. The fourth-order valence-corrected chi connectivity index (χ4v) is 2.14. The van der Waals surface area contributed by atoms with Crippen LogP contribution in [0.3, 0.4) is 0 Å². The maximum atomic E-state index is 12.5. The van der Waals surface area contributed by atoms with Gasteiger partial charge in [0, 0.05) is 11.6 Å². The molecule has 23 heavy (non-hydrogen) atoms. The van der Waals surface area contributed by atoms with Crippen LogP contribution in [0.1, 0.15) is 30.7 Å². The van der Waals surface area contributed by atoms with E-state index in [4.69, 9.17) is 4.42 Å². The maximum Gasteiger partial charge on any atom is 0.387 e. The van der Waals surface area contributed by atoms with Gasteiger partial charge in [-0.1, -0.05) is 25.1 Å². The van der Waals surface area contributed by atoms with Crippen LogP contribution in [0.25, 0.3) is 6.08 Å². The molecule has 0 aliphatic heterocycles. The Hall–Kier alpha value is -2.63. The van der Waals surface area contributed by atoms with Crippen LogP contribution in [0.4, 0.5) is 8.78 Å². The topological polar surface area (TPSA) is 51.5 Å². The molecule has 122 valence electrons. The summed E-state index contributed by atoms with van der Waals surface area (Å²) in [6.07, 6.45) is 4.90. The molecule has 1 amide bonds. The van der Waals surface area contributed by atoms with E-state index in [9.17, 15) is 13.6 Å². The lowest BCUT2D eigenvalue weighted by Crippen LogP contribution is -2.27. The minimum absolute atomic E-state index is 0.0599. The summed E-state index contributed by atoms with van der Waals surface area (Å²) in [5.74, 6) is 0.263. The second-order valence-corrected chi connectivity index (χ2v) is 4.73. The van der Waals surface area contributed by atoms with Crippen LogP contribution >= 0.6 is 0 Å². The van der Waals surface area contributed by atoms with E-state index in [1.165, 1.54) is 24.5 Å². The quantitative estimate of drug-likeness (QED) is 0.779. The van der Waals surface area contributed by atoms with Gasteiger partial charge in [0.05, 0.1) is 12.3 Å². The number of carbonyl (C=O) groups is 1. The van der Waals surface area contributed by atoms with E-state index in [0.29, 0.717) is 17.7 Å². The molecule has 0 bridgehead atoms. The Morgan fingerprint density at radius 1 is 1.30 bits per heavy atom. The molecule has 0 radical (unpaired) electrons. The number of para-hydroxylation sites is 1. The predicted molar refractivity (Wildman–Crippen MR) is 82.0 cm³/mol. The fourth-order valence-electron chi connectivity index (χ4n) is 2.14. The van der Waals surface area contributed by atoms with Crippen molar-refractivity contribution >= 4 is 12.0 Å². The first-order valence-corrected chi connectivity index (χ1v) is 7.16. The van der Waals surface area contributed by atoms with Crippen molar-refractivity contribution in [3.63, 3.8) is 0 Å². The molecule has 0 saturated carbocycles. The summed E-state index contributed by atoms with van der Waals surface area (Å²) in [4.78, 5) is 12.0. The summed E-state index contributed by atoms with van der Waals surface area (Å²) in [6, 6.07) is 9.42. The first-order valence-electron chi connectivity index (χ1n) is 7.16.